The summed E-state index contributed by atoms with van der Waals surface area (Å²) in [5.74, 6) is -0.433. The number of carbonyl (C=O) groups is 1. The number of rotatable bonds is 5. The third kappa shape index (κ3) is 3.66. The molecule has 1 aliphatic heterocycles. The Hall–Kier alpha value is -2.18. The number of esters is 1. The van der Waals surface area contributed by atoms with Crippen LogP contribution in [0.4, 0.5) is 0 Å². The predicted octanol–water partition coefficient (Wildman–Crippen LogP) is 3.10. The summed E-state index contributed by atoms with van der Waals surface area (Å²) in [6.45, 7) is 2.30. The zero-order valence-corrected chi connectivity index (χ0v) is 15.8. The average molecular weight is 373 g/mol. The van der Waals surface area contributed by atoms with E-state index in [2.05, 4.69) is 0 Å². The molecule has 0 aliphatic carbocycles. The largest absolute Gasteiger partial charge is 0.469 e. The van der Waals surface area contributed by atoms with E-state index in [0.29, 0.717) is 13.0 Å². The van der Waals surface area contributed by atoms with Crippen LogP contribution in [0, 0.1) is 6.92 Å². The van der Waals surface area contributed by atoms with Crippen LogP contribution >= 0.6 is 0 Å². The van der Waals surface area contributed by atoms with E-state index in [-0.39, 0.29) is 17.2 Å². The Morgan fingerprint density at radius 1 is 1.12 bits per heavy atom. The maximum atomic E-state index is 13.2. The molecule has 1 aliphatic rings. The van der Waals surface area contributed by atoms with Crippen molar-refractivity contribution < 1.29 is 17.9 Å². The highest BCUT2D eigenvalue weighted by Crippen LogP contribution is 2.38. The van der Waals surface area contributed by atoms with Gasteiger partial charge in [-0.1, -0.05) is 48.0 Å². The van der Waals surface area contributed by atoms with E-state index >= 15 is 0 Å². The summed E-state index contributed by atoms with van der Waals surface area (Å²) in [7, 11) is -2.35. The SMILES string of the molecule is COC(=O)C[C@@H]1[C@@H](c2ccccc2)CCN1S(=O)(=O)c1ccc(C)cc1. The molecule has 0 radical (unpaired) electrons. The Labute approximate surface area is 154 Å². The van der Waals surface area contributed by atoms with Gasteiger partial charge in [-0.05, 0) is 31.0 Å². The molecule has 0 aromatic heterocycles. The summed E-state index contributed by atoms with van der Waals surface area (Å²) < 4.78 is 32.6. The highest BCUT2D eigenvalue weighted by atomic mass is 32.2. The zero-order chi connectivity index (χ0) is 18.7. The Morgan fingerprint density at radius 3 is 2.38 bits per heavy atom. The van der Waals surface area contributed by atoms with Gasteiger partial charge in [-0.3, -0.25) is 4.79 Å². The molecule has 1 saturated heterocycles. The lowest BCUT2D eigenvalue weighted by molar-refractivity contribution is -0.141. The quantitative estimate of drug-likeness (QED) is 0.756. The van der Waals surface area contributed by atoms with E-state index in [0.717, 1.165) is 11.1 Å². The van der Waals surface area contributed by atoms with Gasteiger partial charge < -0.3 is 4.74 Å². The van der Waals surface area contributed by atoms with Crippen molar-refractivity contribution in [3.05, 3.63) is 65.7 Å². The molecule has 1 fully saturated rings. The van der Waals surface area contributed by atoms with Crippen LogP contribution in [0.5, 0.6) is 0 Å². The Balaban J connectivity index is 1.97. The summed E-state index contributed by atoms with van der Waals surface area (Å²) in [6.07, 6.45) is 0.720. The van der Waals surface area contributed by atoms with Gasteiger partial charge in [-0.25, -0.2) is 8.42 Å². The molecule has 0 amide bonds. The van der Waals surface area contributed by atoms with E-state index in [4.69, 9.17) is 4.74 Å². The van der Waals surface area contributed by atoms with Crippen molar-refractivity contribution in [1.82, 2.24) is 4.31 Å². The second-order valence-corrected chi connectivity index (χ2v) is 8.47. The lowest BCUT2D eigenvalue weighted by atomic mass is 9.90. The van der Waals surface area contributed by atoms with E-state index in [9.17, 15) is 13.2 Å². The Kier molecular flexibility index (Phi) is 5.44. The second-order valence-electron chi connectivity index (χ2n) is 6.58. The molecule has 2 aromatic carbocycles. The lowest BCUT2D eigenvalue weighted by Gasteiger charge is -2.27. The fourth-order valence-corrected chi connectivity index (χ4v) is 5.23. The molecule has 0 N–H and O–H groups in total. The first-order valence-electron chi connectivity index (χ1n) is 8.64. The molecule has 5 nitrogen and oxygen atoms in total. The van der Waals surface area contributed by atoms with Crippen molar-refractivity contribution in [2.75, 3.05) is 13.7 Å². The average Bonchev–Trinajstić information content (AvgIpc) is 3.07. The predicted molar refractivity (Wildman–Crippen MR) is 99.3 cm³/mol. The summed E-state index contributed by atoms with van der Waals surface area (Å²) in [5, 5.41) is 0. The number of ether oxygens (including phenoxy) is 1. The van der Waals surface area contributed by atoms with E-state index in [1.807, 2.05) is 37.3 Å². The van der Waals surface area contributed by atoms with Crippen LogP contribution in [-0.2, 0) is 19.6 Å². The maximum absolute atomic E-state index is 13.2. The highest BCUT2D eigenvalue weighted by molar-refractivity contribution is 7.89. The molecule has 26 heavy (non-hydrogen) atoms. The molecule has 2 atom stereocenters. The maximum Gasteiger partial charge on any atom is 0.307 e. The molecule has 3 rings (SSSR count). The number of aryl methyl sites for hydroxylation is 1. The fourth-order valence-electron chi connectivity index (χ4n) is 3.56. The third-order valence-corrected chi connectivity index (χ3v) is 6.89. The van der Waals surface area contributed by atoms with Gasteiger partial charge in [0.15, 0.2) is 0 Å². The van der Waals surface area contributed by atoms with Crippen LogP contribution in [0.25, 0.3) is 0 Å². The Bertz CT molecular complexity index is 862. The van der Waals surface area contributed by atoms with Crippen LogP contribution in [0.15, 0.2) is 59.5 Å². The molecule has 0 bridgehead atoms. The van der Waals surface area contributed by atoms with Crippen molar-refractivity contribution in [3.8, 4) is 0 Å². The van der Waals surface area contributed by atoms with Gasteiger partial charge in [-0.2, -0.15) is 4.31 Å². The summed E-state index contributed by atoms with van der Waals surface area (Å²) >= 11 is 0. The summed E-state index contributed by atoms with van der Waals surface area (Å²) in [6, 6.07) is 16.1. The minimum absolute atomic E-state index is 0.0319. The number of sulfonamides is 1. The van der Waals surface area contributed by atoms with Crippen molar-refractivity contribution >= 4 is 16.0 Å². The smallest absolute Gasteiger partial charge is 0.307 e. The van der Waals surface area contributed by atoms with E-state index in [1.54, 1.807) is 24.3 Å². The first kappa shape index (κ1) is 18.6. The molecule has 2 aromatic rings. The molecule has 0 saturated carbocycles. The van der Waals surface area contributed by atoms with Crippen LogP contribution in [0.3, 0.4) is 0 Å². The fraction of sp³-hybridized carbons (Fsp3) is 0.350. The standard InChI is InChI=1S/C20H23NO4S/c1-15-8-10-17(11-9-15)26(23,24)21-13-12-18(16-6-4-3-5-7-16)19(21)14-20(22)25-2/h3-11,18-19H,12-14H2,1-2H3/t18-,19-/m1/s1. The second kappa shape index (κ2) is 7.60. The lowest BCUT2D eigenvalue weighted by Crippen LogP contribution is -2.39. The van der Waals surface area contributed by atoms with Gasteiger partial charge in [0.2, 0.25) is 10.0 Å². The number of carbonyl (C=O) groups excluding carboxylic acids is 1. The van der Waals surface area contributed by atoms with Crippen LogP contribution in [0.2, 0.25) is 0 Å². The van der Waals surface area contributed by atoms with E-state index < -0.39 is 22.0 Å². The summed E-state index contributed by atoms with van der Waals surface area (Å²) in [5.41, 5.74) is 2.04. The molecule has 138 valence electrons. The molecule has 0 spiro atoms. The minimum Gasteiger partial charge on any atom is -0.469 e. The number of hydrogen-bond donors (Lipinski definition) is 0. The number of hydrogen-bond acceptors (Lipinski definition) is 4. The number of methoxy groups -OCH3 is 1. The zero-order valence-electron chi connectivity index (χ0n) is 15.0. The van der Waals surface area contributed by atoms with E-state index in [1.165, 1.54) is 11.4 Å². The van der Waals surface area contributed by atoms with Gasteiger partial charge in [0.1, 0.15) is 0 Å². The number of benzene rings is 2. The van der Waals surface area contributed by atoms with Gasteiger partial charge in [-0.15, -0.1) is 0 Å². The van der Waals surface area contributed by atoms with Crippen molar-refractivity contribution in [2.45, 2.75) is 36.6 Å². The molecule has 1 heterocycles. The van der Waals surface area contributed by atoms with Crippen LogP contribution in [-0.4, -0.2) is 38.4 Å². The first-order chi connectivity index (χ1) is 12.4. The summed E-state index contributed by atoms with van der Waals surface area (Å²) in [4.78, 5) is 12.2. The van der Waals surface area contributed by atoms with Crippen LogP contribution in [0.1, 0.15) is 29.9 Å². The monoisotopic (exact) mass is 373 g/mol. The normalized spacial score (nSPS) is 20.8. The van der Waals surface area contributed by atoms with Crippen molar-refractivity contribution in [2.24, 2.45) is 0 Å². The first-order valence-corrected chi connectivity index (χ1v) is 10.1. The molecular weight excluding hydrogens is 350 g/mol. The Morgan fingerprint density at radius 2 is 1.77 bits per heavy atom. The van der Waals surface area contributed by atoms with Gasteiger partial charge in [0.25, 0.3) is 0 Å². The van der Waals surface area contributed by atoms with Crippen molar-refractivity contribution in [1.29, 1.82) is 0 Å². The van der Waals surface area contributed by atoms with Crippen molar-refractivity contribution in [3.63, 3.8) is 0 Å². The minimum atomic E-state index is -3.67. The molecule has 0 unspecified atom stereocenters. The third-order valence-electron chi connectivity index (χ3n) is 4.95. The van der Waals surface area contributed by atoms with Crippen LogP contribution < -0.4 is 0 Å². The van der Waals surface area contributed by atoms with Gasteiger partial charge in [0, 0.05) is 18.5 Å². The van der Waals surface area contributed by atoms with Gasteiger partial charge >= 0.3 is 5.97 Å². The highest BCUT2D eigenvalue weighted by Gasteiger charge is 2.43. The topological polar surface area (TPSA) is 63.7 Å². The molecular formula is C20H23NO4S. The molecule has 6 heteroatoms. The number of nitrogens with zero attached hydrogens (tertiary/aromatic N) is 1. The van der Waals surface area contributed by atoms with Gasteiger partial charge in [0.05, 0.1) is 18.4 Å².